The molecular formula is C30H29FN4O3S. The summed E-state index contributed by atoms with van der Waals surface area (Å²) in [6, 6.07) is 21.8. The minimum atomic E-state index is -3.57. The molecule has 5 rings (SSSR count). The molecule has 3 aromatic carbocycles. The molecule has 1 saturated heterocycles. The van der Waals surface area contributed by atoms with Crippen LogP contribution in [0.25, 0.3) is 23.0 Å². The Morgan fingerprint density at radius 3 is 2.44 bits per heavy atom. The second-order valence-corrected chi connectivity index (χ2v) is 11.6. The fourth-order valence-corrected chi connectivity index (χ4v) is 6.23. The van der Waals surface area contributed by atoms with Crippen LogP contribution in [0.15, 0.2) is 96.0 Å². The highest BCUT2D eigenvalue weighted by atomic mass is 32.2. The lowest BCUT2D eigenvalue weighted by Gasteiger charge is -2.30. The lowest BCUT2D eigenvalue weighted by Crippen LogP contribution is -2.39. The first-order chi connectivity index (χ1) is 18.8. The molecule has 9 heteroatoms. The smallest absolute Gasteiger partial charge is 0.248 e. The summed E-state index contributed by atoms with van der Waals surface area (Å²) in [6.07, 6.45) is 6.73. The van der Waals surface area contributed by atoms with E-state index in [0.29, 0.717) is 41.5 Å². The van der Waals surface area contributed by atoms with Crippen molar-refractivity contribution in [1.29, 1.82) is 0 Å². The van der Waals surface area contributed by atoms with Gasteiger partial charge in [-0.2, -0.15) is 9.40 Å². The molecule has 1 amide bonds. The van der Waals surface area contributed by atoms with E-state index in [9.17, 15) is 17.6 Å². The molecule has 1 aliphatic heterocycles. The summed E-state index contributed by atoms with van der Waals surface area (Å²) in [5.41, 5.74) is 3.32. The third kappa shape index (κ3) is 6.16. The number of nitrogens with one attached hydrogen (secondary N) is 1. The van der Waals surface area contributed by atoms with Crippen LogP contribution in [0.2, 0.25) is 0 Å². The van der Waals surface area contributed by atoms with E-state index in [1.165, 1.54) is 34.6 Å². The molecule has 1 aliphatic rings. The topological polar surface area (TPSA) is 84.3 Å². The predicted molar refractivity (Wildman–Crippen MR) is 150 cm³/mol. The van der Waals surface area contributed by atoms with Crippen LogP contribution < -0.4 is 5.32 Å². The Balaban J connectivity index is 1.32. The van der Waals surface area contributed by atoms with Gasteiger partial charge >= 0.3 is 0 Å². The summed E-state index contributed by atoms with van der Waals surface area (Å²) in [6.45, 7) is 3.10. The van der Waals surface area contributed by atoms with Gasteiger partial charge in [-0.25, -0.2) is 17.5 Å². The van der Waals surface area contributed by atoms with Gasteiger partial charge in [-0.3, -0.25) is 4.79 Å². The van der Waals surface area contributed by atoms with Gasteiger partial charge in [0.25, 0.3) is 0 Å². The summed E-state index contributed by atoms with van der Waals surface area (Å²) in [5, 5.41) is 7.44. The maximum Gasteiger partial charge on any atom is 0.248 e. The van der Waals surface area contributed by atoms with Gasteiger partial charge in [0, 0.05) is 42.2 Å². The Morgan fingerprint density at radius 1 is 1.03 bits per heavy atom. The summed E-state index contributed by atoms with van der Waals surface area (Å²) in [5.74, 6) is -0.391. The van der Waals surface area contributed by atoms with Crippen molar-refractivity contribution < 1.29 is 17.6 Å². The van der Waals surface area contributed by atoms with Crippen molar-refractivity contribution in [3.63, 3.8) is 0 Å². The van der Waals surface area contributed by atoms with Crippen LogP contribution in [0.4, 0.5) is 10.1 Å². The Labute approximate surface area is 227 Å². The summed E-state index contributed by atoms with van der Waals surface area (Å²) in [7, 11) is -3.57. The zero-order valence-corrected chi connectivity index (χ0v) is 22.3. The van der Waals surface area contributed by atoms with E-state index in [1.807, 2.05) is 30.3 Å². The van der Waals surface area contributed by atoms with E-state index in [4.69, 9.17) is 0 Å². The minimum Gasteiger partial charge on any atom is -0.323 e. The predicted octanol–water partition coefficient (Wildman–Crippen LogP) is 5.75. The van der Waals surface area contributed by atoms with Crippen molar-refractivity contribution in [3.8, 4) is 16.9 Å². The monoisotopic (exact) mass is 544 g/mol. The number of aromatic nitrogens is 2. The van der Waals surface area contributed by atoms with E-state index in [2.05, 4.69) is 17.3 Å². The molecule has 1 fully saturated rings. The average molecular weight is 545 g/mol. The number of amides is 1. The molecule has 0 radical (unpaired) electrons. The number of piperidine rings is 1. The molecular weight excluding hydrogens is 515 g/mol. The number of benzene rings is 3. The molecule has 7 nitrogen and oxygen atoms in total. The standard InChI is InChI=1S/C30H29FN4O3S/c1-22-6-5-19-34(20-22)39(37,38)28-16-14-26(15-17-28)32-29(36)18-11-24-21-35(27-7-3-2-4-8-27)33-30(24)23-9-12-25(31)13-10-23/h2-4,7-18,21-22H,5-6,19-20H2,1H3,(H,32,36)/b18-11+. The van der Waals surface area contributed by atoms with Gasteiger partial charge in [-0.1, -0.05) is 25.1 Å². The Bertz CT molecular complexity index is 1580. The van der Waals surface area contributed by atoms with Crippen LogP contribution in [-0.2, 0) is 14.8 Å². The lowest BCUT2D eigenvalue weighted by atomic mass is 10.0. The van der Waals surface area contributed by atoms with Gasteiger partial charge < -0.3 is 5.32 Å². The third-order valence-electron chi connectivity index (χ3n) is 6.67. The number of hydrogen-bond acceptors (Lipinski definition) is 4. The normalized spacial score (nSPS) is 16.4. The first-order valence-electron chi connectivity index (χ1n) is 12.8. The van der Waals surface area contributed by atoms with E-state index in [0.717, 1.165) is 18.5 Å². The highest BCUT2D eigenvalue weighted by Crippen LogP contribution is 2.26. The van der Waals surface area contributed by atoms with Crippen LogP contribution in [0.3, 0.4) is 0 Å². The van der Waals surface area contributed by atoms with Gasteiger partial charge in [-0.15, -0.1) is 0 Å². The largest absolute Gasteiger partial charge is 0.323 e. The summed E-state index contributed by atoms with van der Waals surface area (Å²) in [4.78, 5) is 12.9. The molecule has 1 unspecified atom stereocenters. The summed E-state index contributed by atoms with van der Waals surface area (Å²) >= 11 is 0. The van der Waals surface area contributed by atoms with Crippen molar-refractivity contribution in [2.75, 3.05) is 18.4 Å². The zero-order chi connectivity index (χ0) is 27.4. The highest BCUT2D eigenvalue weighted by molar-refractivity contribution is 7.89. The number of hydrogen-bond donors (Lipinski definition) is 1. The fourth-order valence-electron chi connectivity index (χ4n) is 4.63. The van der Waals surface area contributed by atoms with Crippen LogP contribution >= 0.6 is 0 Å². The summed E-state index contributed by atoms with van der Waals surface area (Å²) < 4.78 is 42.7. The third-order valence-corrected chi connectivity index (χ3v) is 8.55. The fraction of sp³-hybridized carbons (Fsp3) is 0.200. The molecule has 39 heavy (non-hydrogen) atoms. The van der Waals surface area contributed by atoms with Crippen molar-refractivity contribution in [2.45, 2.75) is 24.7 Å². The molecule has 2 heterocycles. The first kappa shape index (κ1) is 26.5. The number of carbonyl (C=O) groups is 1. The maximum atomic E-state index is 13.5. The molecule has 1 N–H and O–H groups in total. The van der Waals surface area contributed by atoms with E-state index >= 15 is 0 Å². The molecule has 0 saturated carbocycles. The number of nitrogens with zero attached hydrogens (tertiary/aromatic N) is 3. The van der Waals surface area contributed by atoms with Crippen LogP contribution in [0.1, 0.15) is 25.3 Å². The average Bonchev–Trinajstić information content (AvgIpc) is 3.37. The Kier molecular flexibility index (Phi) is 7.72. The first-order valence-corrected chi connectivity index (χ1v) is 14.2. The van der Waals surface area contributed by atoms with E-state index in [-0.39, 0.29) is 16.6 Å². The number of halogens is 1. The van der Waals surface area contributed by atoms with Gasteiger partial charge in [-0.05, 0) is 85.5 Å². The molecule has 0 aliphatic carbocycles. The number of sulfonamides is 1. The minimum absolute atomic E-state index is 0.211. The van der Waals surface area contributed by atoms with Crippen molar-refractivity contribution in [2.24, 2.45) is 5.92 Å². The maximum absolute atomic E-state index is 13.5. The molecule has 0 bridgehead atoms. The Hall–Kier alpha value is -4.08. The second-order valence-electron chi connectivity index (χ2n) is 9.68. The van der Waals surface area contributed by atoms with Gasteiger partial charge in [0.1, 0.15) is 5.82 Å². The van der Waals surface area contributed by atoms with E-state index < -0.39 is 10.0 Å². The SMILES string of the molecule is CC1CCCN(S(=O)(=O)c2ccc(NC(=O)/C=C/c3cn(-c4ccccc4)nc3-c3ccc(F)cc3)cc2)C1. The van der Waals surface area contributed by atoms with Crippen LogP contribution in [-0.4, -0.2) is 41.5 Å². The van der Waals surface area contributed by atoms with Gasteiger partial charge in [0.05, 0.1) is 16.3 Å². The van der Waals surface area contributed by atoms with Crippen molar-refractivity contribution in [1.82, 2.24) is 14.1 Å². The number of anilines is 1. The second kappa shape index (κ2) is 11.3. The quantitative estimate of drug-likeness (QED) is 0.300. The number of rotatable bonds is 7. The van der Waals surface area contributed by atoms with Gasteiger partial charge in [0.2, 0.25) is 15.9 Å². The van der Waals surface area contributed by atoms with E-state index in [1.54, 1.807) is 41.2 Å². The molecule has 1 aromatic heterocycles. The lowest BCUT2D eigenvalue weighted by molar-refractivity contribution is -0.111. The number of carbonyl (C=O) groups excluding carboxylic acids is 1. The molecule has 0 spiro atoms. The van der Waals surface area contributed by atoms with Crippen LogP contribution in [0, 0.1) is 11.7 Å². The van der Waals surface area contributed by atoms with Crippen LogP contribution in [0.5, 0.6) is 0 Å². The van der Waals surface area contributed by atoms with Crippen molar-refractivity contribution in [3.05, 3.63) is 103 Å². The molecule has 200 valence electrons. The Morgan fingerprint density at radius 2 is 1.74 bits per heavy atom. The molecule has 4 aromatic rings. The molecule has 1 atom stereocenters. The number of para-hydroxylation sites is 1. The highest BCUT2D eigenvalue weighted by Gasteiger charge is 2.28. The zero-order valence-electron chi connectivity index (χ0n) is 21.5. The van der Waals surface area contributed by atoms with Crippen molar-refractivity contribution >= 4 is 27.7 Å². The van der Waals surface area contributed by atoms with Gasteiger partial charge in [0.15, 0.2) is 0 Å².